The summed E-state index contributed by atoms with van der Waals surface area (Å²) in [6, 6.07) is 0. The highest BCUT2D eigenvalue weighted by Gasteiger charge is 2.36. The van der Waals surface area contributed by atoms with Gasteiger partial charge in [-0.15, -0.1) is 0 Å². The highest BCUT2D eigenvalue weighted by Crippen LogP contribution is 2.33. The maximum atomic E-state index is 11.9. The Hall–Kier alpha value is -1.85. The van der Waals surface area contributed by atoms with Crippen LogP contribution in [-0.2, 0) is 17.8 Å². The van der Waals surface area contributed by atoms with Crippen molar-refractivity contribution >= 4 is 11.9 Å². The average Bonchev–Trinajstić information content (AvgIpc) is 3.06. The van der Waals surface area contributed by atoms with E-state index < -0.39 is 5.97 Å². The number of carbonyl (C=O) groups is 2. The van der Waals surface area contributed by atoms with Crippen LogP contribution in [-0.4, -0.2) is 38.6 Å². The van der Waals surface area contributed by atoms with Gasteiger partial charge in [0.05, 0.1) is 0 Å². The maximum Gasteiger partial charge on any atom is 0.356 e. The number of fused-ring (bicyclic) bond motifs is 1. The molecule has 2 N–H and O–H groups in total. The average molecular weight is 235 g/mol. The fourth-order valence-electron chi connectivity index (χ4n) is 2.25. The van der Waals surface area contributed by atoms with E-state index in [2.05, 4.69) is 10.2 Å². The molecule has 2 heterocycles. The molecule has 90 valence electrons. The van der Waals surface area contributed by atoms with Crippen molar-refractivity contribution in [2.75, 3.05) is 6.54 Å². The van der Waals surface area contributed by atoms with Crippen LogP contribution >= 0.6 is 0 Å². The van der Waals surface area contributed by atoms with Gasteiger partial charge in [0.2, 0.25) is 5.91 Å². The highest BCUT2D eigenvalue weighted by atomic mass is 16.4. The Kier molecular flexibility index (Phi) is 2.17. The lowest BCUT2D eigenvalue weighted by Crippen LogP contribution is -2.37. The number of hydrogen-bond acceptors (Lipinski definition) is 3. The summed E-state index contributed by atoms with van der Waals surface area (Å²) in [5.74, 6) is -0.701. The van der Waals surface area contributed by atoms with Gasteiger partial charge in [-0.1, -0.05) is 0 Å². The maximum absolute atomic E-state index is 11.9. The van der Waals surface area contributed by atoms with Crippen LogP contribution in [0.25, 0.3) is 0 Å². The summed E-state index contributed by atoms with van der Waals surface area (Å²) >= 11 is 0. The van der Waals surface area contributed by atoms with E-state index in [1.54, 1.807) is 4.90 Å². The molecule has 0 atom stereocenters. The molecule has 1 aromatic rings. The van der Waals surface area contributed by atoms with Crippen LogP contribution in [0, 0.1) is 5.92 Å². The number of aromatic carboxylic acids is 1. The fourth-order valence-corrected chi connectivity index (χ4v) is 2.25. The van der Waals surface area contributed by atoms with E-state index >= 15 is 0 Å². The summed E-state index contributed by atoms with van der Waals surface area (Å²) in [7, 11) is 0. The Bertz CT molecular complexity index is 490. The minimum Gasteiger partial charge on any atom is -0.476 e. The zero-order chi connectivity index (χ0) is 12.0. The monoisotopic (exact) mass is 235 g/mol. The highest BCUT2D eigenvalue weighted by molar-refractivity contribution is 5.88. The van der Waals surface area contributed by atoms with Gasteiger partial charge in [0.15, 0.2) is 5.69 Å². The van der Waals surface area contributed by atoms with Crippen molar-refractivity contribution in [3.05, 3.63) is 17.0 Å². The predicted molar refractivity (Wildman–Crippen MR) is 57.4 cm³/mol. The second-order valence-electron chi connectivity index (χ2n) is 4.62. The first-order chi connectivity index (χ1) is 8.16. The molecule has 1 saturated carbocycles. The van der Waals surface area contributed by atoms with Crippen molar-refractivity contribution in [3.63, 3.8) is 0 Å². The van der Waals surface area contributed by atoms with Gasteiger partial charge >= 0.3 is 5.97 Å². The minimum atomic E-state index is -1.04. The quantitative estimate of drug-likeness (QED) is 0.777. The van der Waals surface area contributed by atoms with E-state index in [4.69, 9.17) is 5.11 Å². The van der Waals surface area contributed by atoms with Crippen molar-refractivity contribution in [2.45, 2.75) is 25.8 Å². The molecule has 17 heavy (non-hydrogen) atoms. The van der Waals surface area contributed by atoms with E-state index in [1.165, 1.54) is 0 Å². The Labute approximate surface area is 97.6 Å². The minimum absolute atomic E-state index is 0.0493. The third-order valence-corrected chi connectivity index (χ3v) is 3.37. The van der Waals surface area contributed by atoms with Gasteiger partial charge in [-0.25, -0.2) is 4.79 Å². The van der Waals surface area contributed by atoms with Crippen LogP contribution in [0.15, 0.2) is 0 Å². The van der Waals surface area contributed by atoms with E-state index in [-0.39, 0.29) is 17.5 Å². The number of carbonyl (C=O) groups excluding carboxylic acids is 1. The first-order valence-electron chi connectivity index (χ1n) is 5.75. The number of H-pyrrole nitrogens is 1. The molecular formula is C11H13N3O3. The molecule has 0 saturated heterocycles. The fraction of sp³-hybridized carbons (Fsp3) is 0.545. The molecule has 1 aliphatic heterocycles. The first kappa shape index (κ1) is 10.3. The summed E-state index contributed by atoms with van der Waals surface area (Å²) in [4.78, 5) is 24.6. The zero-order valence-electron chi connectivity index (χ0n) is 9.27. The smallest absolute Gasteiger partial charge is 0.356 e. The van der Waals surface area contributed by atoms with Gasteiger partial charge in [0.1, 0.15) is 0 Å². The molecule has 6 heteroatoms. The predicted octanol–water partition coefficient (Wildman–Crippen LogP) is 0.403. The molecule has 0 unspecified atom stereocenters. The lowest BCUT2D eigenvalue weighted by atomic mass is 10.0. The molecule has 3 rings (SSSR count). The first-order valence-corrected chi connectivity index (χ1v) is 5.75. The van der Waals surface area contributed by atoms with E-state index in [0.717, 1.165) is 18.5 Å². The molecule has 0 bridgehead atoms. The van der Waals surface area contributed by atoms with Gasteiger partial charge in [0.25, 0.3) is 0 Å². The van der Waals surface area contributed by atoms with Crippen LogP contribution in [0.2, 0.25) is 0 Å². The number of aromatic nitrogens is 2. The van der Waals surface area contributed by atoms with Gasteiger partial charge < -0.3 is 10.0 Å². The molecular weight excluding hydrogens is 222 g/mol. The number of carboxylic acid groups (broad SMARTS) is 1. The number of carboxylic acids is 1. The number of aromatic amines is 1. The number of rotatable bonds is 2. The molecule has 0 aromatic carbocycles. The molecule has 1 aliphatic carbocycles. The van der Waals surface area contributed by atoms with Crippen LogP contribution < -0.4 is 0 Å². The Balaban J connectivity index is 1.85. The van der Waals surface area contributed by atoms with Gasteiger partial charge in [-0.05, 0) is 12.8 Å². The van der Waals surface area contributed by atoms with Crippen molar-refractivity contribution in [3.8, 4) is 0 Å². The zero-order valence-corrected chi connectivity index (χ0v) is 9.27. The van der Waals surface area contributed by atoms with Crippen molar-refractivity contribution in [1.82, 2.24) is 15.1 Å². The molecule has 1 amide bonds. The Morgan fingerprint density at radius 3 is 2.82 bits per heavy atom. The molecule has 0 spiro atoms. The van der Waals surface area contributed by atoms with Crippen LogP contribution in [0.4, 0.5) is 0 Å². The normalized spacial score (nSPS) is 18.9. The topological polar surface area (TPSA) is 86.3 Å². The van der Waals surface area contributed by atoms with Crippen LogP contribution in [0.3, 0.4) is 0 Å². The second kappa shape index (κ2) is 3.58. The standard InChI is InChI=1S/C11H13N3O3/c15-10(6-1-2-6)14-4-3-8-7(5-14)9(11(16)17)13-12-8/h6H,1-5H2,(H,12,13)(H,16,17). The summed E-state index contributed by atoms with van der Waals surface area (Å²) in [5.41, 5.74) is 1.56. The Morgan fingerprint density at radius 2 is 2.18 bits per heavy atom. The summed E-state index contributed by atoms with van der Waals surface area (Å²) in [6.07, 6.45) is 2.60. The molecule has 6 nitrogen and oxygen atoms in total. The van der Waals surface area contributed by atoms with Gasteiger partial charge in [-0.2, -0.15) is 5.10 Å². The summed E-state index contributed by atoms with van der Waals surface area (Å²) < 4.78 is 0. The van der Waals surface area contributed by atoms with Crippen LogP contribution in [0.1, 0.15) is 34.6 Å². The third-order valence-electron chi connectivity index (χ3n) is 3.37. The lowest BCUT2D eigenvalue weighted by molar-refractivity contribution is -0.133. The summed E-state index contributed by atoms with van der Waals surface area (Å²) in [5, 5.41) is 15.5. The molecule has 1 fully saturated rings. The number of nitrogens with zero attached hydrogens (tertiary/aromatic N) is 2. The van der Waals surface area contributed by atoms with Gasteiger partial charge in [-0.3, -0.25) is 9.89 Å². The SMILES string of the molecule is O=C(O)c1n[nH]c2c1CN(C(=O)C1CC1)CC2. The lowest BCUT2D eigenvalue weighted by Gasteiger charge is -2.26. The van der Waals surface area contributed by atoms with Crippen molar-refractivity contribution in [1.29, 1.82) is 0 Å². The Morgan fingerprint density at radius 1 is 1.41 bits per heavy atom. The largest absolute Gasteiger partial charge is 0.476 e. The van der Waals surface area contributed by atoms with E-state index in [0.29, 0.717) is 25.1 Å². The number of amides is 1. The molecule has 0 radical (unpaired) electrons. The van der Waals surface area contributed by atoms with Crippen molar-refractivity contribution in [2.24, 2.45) is 5.92 Å². The number of hydrogen-bond donors (Lipinski definition) is 2. The second-order valence-corrected chi connectivity index (χ2v) is 4.62. The van der Waals surface area contributed by atoms with Gasteiger partial charge in [0, 0.05) is 36.7 Å². The van der Waals surface area contributed by atoms with E-state index in [1.807, 2.05) is 0 Å². The van der Waals surface area contributed by atoms with Crippen molar-refractivity contribution < 1.29 is 14.7 Å². The third kappa shape index (κ3) is 1.69. The molecule has 1 aromatic heterocycles. The van der Waals surface area contributed by atoms with E-state index in [9.17, 15) is 9.59 Å². The van der Waals surface area contributed by atoms with Crippen LogP contribution in [0.5, 0.6) is 0 Å². The summed E-state index contributed by atoms with van der Waals surface area (Å²) in [6.45, 7) is 1.03. The molecule has 2 aliphatic rings. The number of nitrogens with one attached hydrogen (secondary N) is 1.